The van der Waals surface area contributed by atoms with Crippen molar-refractivity contribution in [2.75, 3.05) is 18.4 Å². The predicted molar refractivity (Wildman–Crippen MR) is 131 cm³/mol. The van der Waals surface area contributed by atoms with E-state index in [2.05, 4.69) is 45.7 Å². The molecule has 5 nitrogen and oxygen atoms in total. The van der Waals surface area contributed by atoms with E-state index in [9.17, 15) is 4.79 Å². The molecule has 5 heteroatoms. The highest BCUT2D eigenvalue weighted by atomic mass is 16.5. The van der Waals surface area contributed by atoms with Crippen molar-refractivity contribution < 1.29 is 9.32 Å². The fraction of sp³-hybridized carbons (Fsp3) is 0.286. The zero-order chi connectivity index (χ0) is 22.5. The highest BCUT2D eigenvalue weighted by Gasteiger charge is 2.20. The van der Waals surface area contributed by atoms with E-state index in [0.717, 1.165) is 49.5 Å². The van der Waals surface area contributed by atoms with Crippen LogP contribution >= 0.6 is 0 Å². The van der Waals surface area contributed by atoms with Crippen LogP contribution in [0.15, 0.2) is 83.4 Å². The lowest BCUT2D eigenvalue weighted by Gasteiger charge is -2.31. The van der Waals surface area contributed by atoms with E-state index in [4.69, 9.17) is 4.52 Å². The number of benzene rings is 3. The Morgan fingerprint density at radius 3 is 2.45 bits per heavy atom. The molecular weight excluding hydrogens is 410 g/mol. The standard InChI is InChI=1S/C28H29N3O2/c32-28(23-9-5-2-6-10-23)29-24-12-13-25-26(30-33-27(25)19-24)14-11-21-15-17-31(18-16-21)20-22-7-3-1-4-8-22/h1-10,12-13,19,21H,11,14-18,20H2,(H,29,32). The summed E-state index contributed by atoms with van der Waals surface area (Å²) in [7, 11) is 0. The normalized spacial score (nSPS) is 15.0. The second kappa shape index (κ2) is 10.0. The Morgan fingerprint density at radius 1 is 0.970 bits per heavy atom. The molecular formula is C28H29N3O2. The lowest BCUT2D eigenvalue weighted by Crippen LogP contribution is -2.33. The highest BCUT2D eigenvalue weighted by Crippen LogP contribution is 2.27. The summed E-state index contributed by atoms with van der Waals surface area (Å²) in [6.45, 7) is 3.36. The Balaban J connectivity index is 1.14. The van der Waals surface area contributed by atoms with Gasteiger partial charge >= 0.3 is 0 Å². The van der Waals surface area contributed by atoms with Gasteiger partial charge in [-0.05, 0) is 74.5 Å². The number of rotatable bonds is 7. The molecule has 0 bridgehead atoms. The fourth-order valence-electron chi connectivity index (χ4n) is 4.66. The highest BCUT2D eigenvalue weighted by molar-refractivity contribution is 6.05. The molecule has 0 unspecified atom stereocenters. The van der Waals surface area contributed by atoms with Crippen molar-refractivity contribution in [3.63, 3.8) is 0 Å². The lowest BCUT2D eigenvalue weighted by atomic mass is 9.91. The SMILES string of the molecule is O=C(Nc1ccc2c(CCC3CCN(Cc4ccccc4)CC3)noc2c1)c1ccccc1. The van der Waals surface area contributed by atoms with E-state index in [1.165, 1.54) is 18.4 Å². The van der Waals surface area contributed by atoms with Gasteiger partial charge in [0.2, 0.25) is 0 Å². The second-order valence-electron chi connectivity index (χ2n) is 8.90. The largest absolute Gasteiger partial charge is 0.356 e. The number of likely N-dealkylation sites (tertiary alicyclic amines) is 1. The van der Waals surface area contributed by atoms with Gasteiger partial charge in [0.05, 0.1) is 5.69 Å². The molecule has 4 aromatic rings. The van der Waals surface area contributed by atoms with Gasteiger partial charge in [-0.3, -0.25) is 9.69 Å². The smallest absolute Gasteiger partial charge is 0.255 e. The van der Waals surface area contributed by atoms with Crippen molar-refractivity contribution in [3.05, 3.63) is 95.7 Å². The van der Waals surface area contributed by atoms with Crippen molar-refractivity contribution in [2.24, 2.45) is 5.92 Å². The van der Waals surface area contributed by atoms with E-state index in [1.807, 2.05) is 36.4 Å². The summed E-state index contributed by atoms with van der Waals surface area (Å²) < 4.78 is 5.59. The molecule has 0 atom stereocenters. The van der Waals surface area contributed by atoms with Gasteiger partial charge in [-0.25, -0.2) is 0 Å². The molecule has 33 heavy (non-hydrogen) atoms. The molecule has 1 fully saturated rings. The van der Waals surface area contributed by atoms with Crippen molar-refractivity contribution >= 4 is 22.6 Å². The fourth-order valence-corrected chi connectivity index (χ4v) is 4.66. The molecule has 0 radical (unpaired) electrons. The van der Waals surface area contributed by atoms with Gasteiger partial charge in [0.1, 0.15) is 0 Å². The average Bonchev–Trinajstić information content (AvgIpc) is 3.27. The number of carbonyl (C=O) groups is 1. The third-order valence-corrected chi connectivity index (χ3v) is 6.59. The molecule has 1 saturated heterocycles. The minimum Gasteiger partial charge on any atom is -0.356 e. The average molecular weight is 440 g/mol. The van der Waals surface area contributed by atoms with Crippen LogP contribution < -0.4 is 5.32 Å². The number of anilines is 1. The molecule has 0 aliphatic carbocycles. The molecule has 1 aliphatic rings. The maximum Gasteiger partial charge on any atom is 0.255 e. The van der Waals surface area contributed by atoms with Gasteiger partial charge in [0.15, 0.2) is 5.58 Å². The minimum atomic E-state index is -0.131. The number of nitrogens with zero attached hydrogens (tertiary/aromatic N) is 2. The van der Waals surface area contributed by atoms with Crippen LogP contribution in [-0.4, -0.2) is 29.1 Å². The first-order valence-corrected chi connectivity index (χ1v) is 11.8. The maximum absolute atomic E-state index is 12.4. The molecule has 0 spiro atoms. The zero-order valence-electron chi connectivity index (χ0n) is 18.7. The molecule has 0 saturated carbocycles. The van der Waals surface area contributed by atoms with Crippen LogP contribution in [0.4, 0.5) is 5.69 Å². The van der Waals surface area contributed by atoms with Crippen molar-refractivity contribution in [1.82, 2.24) is 10.1 Å². The summed E-state index contributed by atoms with van der Waals surface area (Å²) in [6, 6.07) is 25.7. The van der Waals surface area contributed by atoms with Crippen LogP contribution in [0.2, 0.25) is 0 Å². The van der Waals surface area contributed by atoms with Crippen LogP contribution in [0.25, 0.3) is 11.0 Å². The number of carbonyl (C=O) groups excluding carboxylic acids is 1. The Hall–Kier alpha value is -3.44. The van der Waals surface area contributed by atoms with E-state index < -0.39 is 0 Å². The quantitative estimate of drug-likeness (QED) is 0.388. The zero-order valence-corrected chi connectivity index (χ0v) is 18.7. The molecule has 3 aromatic carbocycles. The first kappa shape index (κ1) is 21.4. The summed E-state index contributed by atoms with van der Waals surface area (Å²) in [5.41, 5.74) is 4.46. The first-order valence-electron chi connectivity index (χ1n) is 11.8. The van der Waals surface area contributed by atoms with Gasteiger partial charge in [-0.1, -0.05) is 53.7 Å². The van der Waals surface area contributed by atoms with Crippen LogP contribution in [-0.2, 0) is 13.0 Å². The second-order valence-corrected chi connectivity index (χ2v) is 8.90. The van der Waals surface area contributed by atoms with Crippen LogP contribution in [0.1, 0.15) is 40.9 Å². The topological polar surface area (TPSA) is 58.4 Å². The van der Waals surface area contributed by atoms with Crippen molar-refractivity contribution in [3.8, 4) is 0 Å². The summed E-state index contributed by atoms with van der Waals surface area (Å²) >= 11 is 0. The molecule has 1 N–H and O–H groups in total. The number of hydrogen-bond donors (Lipinski definition) is 1. The summed E-state index contributed by atoms with van der Waals surface area (Å²) in [5, 5.41) is 8.30. The Labute approximate surface area is 194 Å². The number of fused-ring (bicyclic) bond motifs is 1. The third kappa shape index (κ3) is 5.32. The van der Waals surface area contributed by atoms with E-state index >= 15 is 0 Å². The van der Waals surface area contributed by atoms with Crippen LogP contribution in [0, 0.1) is 5.92 Å². The number of aryl methyl sites for hydroxylation is 1. The first-order chi connectivity index (χ1) is 16.2. The van der Waals surface area contributed by atoms with Crippen LogP contribution in [0.3, 0.4) is 0 Å². The van der Waals surface area contributed by atoms with Crippen molar-refractivity contribution in [1.29, 1.82) is 0 Å². The van der Waals surface area contributed by atoms with E-state index in [0.29, 0.717) is 16.8 Å². The third-order valence-electron chi connectivity index (χ3n) is 6.59. The number of piperidine rings is 1. The van der Waals surface area contributed by atoms with Gasteiger partial charge < -0.3 is 9.84 Å². The van der Waals surface area contributed by atoms with Gasteiger partial charge in [0, 0.05) is 29.2 Å². The summed E-state index contributed by atoms with van der Waals surface area (Å²) in [5.74, 6) is 0.599. The minimum absolute atomic E-state index is 0.131. The number of nitrogens with one attached hydrogen (secondary N) is 1. The Bertz CT molecular complexity index is 1200. The molecule has 5 rings (SSSR count). The monoisotopic (exact) mass is 439 g/mol. The molecule has 2 heterocycles. The number of aromatic nitrogens is 1. The molecule has 1 aliphatic heterocycles. The lowest BCUT2D eigenvalue weighted by molar-refractivity contribution is 0.102. The van der Waals surface area contributed by atoms with E-state index in [-0.39, 0.29) is 5.91 Å². The van der Waals surface area contributed by atoms with Crippen LogP contribution in [0.5, 0.6) is 0 Å². The van der Waals surface area contributed by atoms with Crippen molar-refractivity contribution in [2.45, 2.75) is 32.2 Å². The van der Waals surface area contributed by atoms with Gasteiger partial charge in [-0.15, -0.1) is 0 Å². The Morgan fingerprint density at radius 2 is 1.70 bits per heavy atom. The molecule has 168 valence electrons. The molecule has 1 aromatic heterocycles. The van der Waals surface area contributed by atoms with Gasteiger partial charge in [-0.2, -0.15) is 0 Å². The number of amides is 1. The summed E-state index contributed by atoms with van der Waals surface area (Å²) in [4.78, 5) is 15.0. The summed E-state index contributed by atoms with van der Waals surface area (Å²) in [6.07, 6.45) is 4.52. The van der Waals surface area contributed by atoms with E-state index in [1.54, 1.807) is 12.1 Å². The number of hydrogen-bond acceptors (Lipinski definition) is 4. The maximum atomic E-state index is 12.4. The molecule has 1 amide bonds. The predicted octanol–water partition coefficient (Wildman–Crippen LogP) is 5.92. The van der Waals surface area contributed by atoms with Gasteiger partial charge in [0.25, 0.3) is 5.91 Å². The Kier molecular flexibility index (Phi) is 6.49.